The first-order valence-electron chi connectivity index (χ1n) is 9.17. The fourth-order valence-corrected chi connectivity index (χ4v) is 5.60. The summed E-state index contributed by atoms with van der Waals surface area (Å²) in [7, 11) is 1.50. The summed E-state index contributed by atoms with van der Waals surface area (Å²) < 4.78 is 1.41. The molecule has 0 unspecified atom stereocenters. The van der Waals surface area contributed by atoms with E-state index in [-0.39, 0.29) is 0 Å². The second kappa shape index (κ2) is 6.38. The van der Waals surface area contributed by atoms with Gasteiger partial charge in [0.2, 0.25) is 0 Å². The average molecular weight is 369 g/mol. The van der Waals surface area contributed by atoms with Crippen molar-refractivity contribution in [3.8, 4) is 21.6 Å². The normalized spacial score (nSPS) is 11.9. The SMILES string of the molecule is CN.c1ccc(-c2cccc3c4c(sc23)-c2c([nH]c3ccccc23)C4)cc1. The molecule has 5 aromatic rings. The lowest BCUT2D eigenvalue weighted by Crippen LogP contribution is -1.83. The van der Waals surface area contributed by atoms with E-state index in [9.17, 15) is 0 Å². The fourth-order valence-electron chi connectivity index (χ4n) is 4.16. The van der Waals surface area contributed by atoms with Gasteiger partial charge >= 0.3 is 0 Å². The molecule has 0 saturated carbocycles. The molecule has 0 atom stereocenters. The van der Waals surface area contributed by atoms with Crippen LogP contribution in [-0.4, -0.2) is 12.0 Å². The van der Waals surface area contributed by atoms with Gasteiger partial charge in [0.1, 0.15) is 0 Å². The van der Waals surface area contributed by atoms with E-state index in [0.29, 0.717) is 0 Å². The summed E-state index contributed by atoms with van der Waals surface area (Å²) in [6.45, 7) is 0. The Kier molecular flexibility index (Phi) is 3.85. The van der Waals surface area contributed by atoms with Crippen LogP contribution in [0.15, 0.2) is 72.8 Å². The minimum atomic E-state index is 1.01. The maximum Gasteiger partial charge on any atom is 0.0462 e. The number of nitrogens with two attached hydrogens (primary N) is 1. The van der Waals surface area contributed by atoms with Crippen LogP contribution in [0.4, 0.5) is 0 Å². The van der Waals surface area contributed by atoms with Crippen molar-refractivity contribution in [2.45, 2.75) is 6.42 Å². The Bertz CT molecular complexity index is 1260. The van der Waals surface area contributed by atoms with Crippen LogP contribution in [0.25, 0.3) is 42.6 Å². The molecule has 1 aliphatic rings. The number of thiophene rings is 1. The van der Waals surface area contributed by atoms with Crippen molar-refractivity contribution in [2.24, 2.45) is 5.73 Å². The second-order valence-corrected chi connectivity index (χ2v) is 7.68. The summed E-state index contributed by atoms with van der Waals surface area (Å²) >= 11 is 1.95. The van der Waals surface area contributed by atoms with E-state index in [0.717, 1.165) is 6.42 Å². The van der Waals surface area contributed by atoms with Gasteiger partial charge < -0.3 is 10.7 Å². The number of rotatable bonds is 1. The van der Waals surface area contributed by atoms with Crippen LogP contribution in [0.3, 0.4) is 0 Å². The third-order valence-corrected chi connectivity index (χ3v) is 6.57. The molecule has 0 aliphatic heterocycles. The van der Waals surface area contributed by atoms with E-state index in [1.54, 1.807) is 0 Å². The molecule has 3 aromatic carbocycles. The van der Waals surface area contributed by atoms with E-state index >= 15 is 0 Å². The number of hydrogen-bond donors (Lipinski definition) is 2. The van der Waals surface area contributed by atoms with Crippen LogP contribution in [0.5, 0.6) is 0 Å². The van der Waals surface area contributed by atoms with Gasteiger partial charge in [0.05, 0.1) is 0 Å². The molecule has 0 fully saturated rings. The van der Waals surface area contributed by atoms with E-state index in [1.807, 2.05) is 11.3 Å². The summed E-state index contributed by atoms with van der Waals surface area (Å²) in [5, 5.41) is 2.76. The molecule has 0 radical (unpaired) electrons. The molecule has 3 N–H and O–H groups in total. The summed E-state index contributed by atoms with van der Waals surface area (Å²) in [6.07, 6.45) is 1.01. The molecule has 0 amide bonds. The van der Waals surface area contributed by atoms with Crippen molar-refractivity contribution in [3.05, 3.63) is 84.1 Å². The summed E-state index contributed by atoms with van der Waals surface area (Å²) in [4.78, 5) is 5.08. The average Bonchev–Trinajstić information content (AvgIpc) is 3.37. The third kappa shape index (κ3) is 2.36. The molecular weight excluding hydrogens is 348 g/mol. The Labute approximate surface area is 162 Å². The van der Waals surface area contributed by atoms with Crippen LogP contribution in [0, 0.1) is 0 Å². The molecule has 0 saturated heterocycles. The van der Waals surface area contributed by atoms with Crippen LogP contribution < -0.4 is 5.73 Å². The van der Waals surface area contributed by atoms with Crippen molar-refractivity contribution in [1.29, 1.82) is 0 Å². The molecule has 0 spiro atoms. The Hall–Kier alpha value is -2.88. The maximum atomic E-state index is 4.50. The summed E-state index contributed by atoms with van der Waals surface area (Å²) in [6, 6.07) is 26.1. The fraction of sp³-hybridized carbons (Fsp3) is 0.0833. The van der Waals surface area contributed by atoms with E-state index in [2.05, 4.69) is 83.5 Å². The van der Waals surface area contributed by atoms with Crippen LogP contribution in [0.2, 0.25) is 0 Å². The highest BCUT2D eigenvalue weighted by Crippen LogP contribution is 2.50. The van der Waals surface area contributed by atoms with Crippen molar-refractivity contribution in [3.63, 3.8) is 0 Å². The van der Waals surface area contributed by atoms with Gasteiger partial charge in [0.15, 0.2) is 0 Å². The largest absolute Gasteiger partial charge is 0.358 e. The molecule has 2 nitrogen and oxygen atoms in total. The van der Waals surface area contributed by atoms with Crippen molar-refractivity contribution < 1.29 is 0 Å². The number of H-pyrrole nitrogens is 1. The monoisotopic (exact) mass is 368 g/mol. The summed E-state index contributed by atoms with van der Waals surface area (Å²) in [5.41, 5.74) is 12.7. The van der Waals surface area contributed by atoms with E-state index < -0.39 is 0 Å². The second-order valence-electron chi connectivity index (χ2n) is 6.66. The van der Waals surface area contributed by atoms with Crippen LogP contribution >= 0.6 is 11.3 Å². The number of para-hydroxylation sites is 1. The van der Waals surface area contributed by atoms with Gasteiger partial charge in [-0.25, -0.2) is 0 Å². The van der Waals surface area contributed by atoms with Crippen LogP contribution in [-0.2, 0) is 6.42 Å². The highest BCUT2D eigenvalue weighted by Gasteiger charge is 2.27. The Morgan fingerprint density at radius 1 is 0.815 bits per heavy atom. The molecule has 27 heavy (non-hydrogen) atoms. The first kappa shape index (κ1) is 16.3. The number of benzene rings is 3. The predicted molar refractivity (Wildman–Crippen MR) is 117 cm³/mol. The number of fused-ring (bicyclic) bond motifs is 7. The summed E-state index contributed by atoms with van der Waals surface area (Å²) in [5.74, 6) is 0. The zero-order valence-corrected chi connectivity index (χ0v) is 15.9. The van der Waals surface area contributed by atoms with Gasteiger partial charge in [-0.05, 0) is 35.2 Å². The molecule has 3 heteroatoms. The number of aromatic nitrogens is 1. The first-order valence-corrected chi connectivity index (χ1v) is 9.99. The van der Waals surface area contributed by atoms with Crippen molar-refractivity contribution in [2.75, 3.05) is 7.05 Å². The van der Waals surface area contributed by atoms with Gasteiger partial charge in [-0.15, -0.1) is 11.3 Å². The molecule has 0 bridgehead atoms. The minimum absolute atomic E-state index is 1.01. The molecule has 2 aromatic heterocycles. The first-order chi connectivity index (χ1) is 13.4. The molecule has 6 rings (SSSR count). The van der Waals surface area contributed by atoms with Crippen molar-refractivity contribution >= 4 is 32.3 Å². The predicted octanol–water partition coefficient (Wildman–Crippen LogP) is 6.20. The minimum Gasteiger partial charge on any atom is -0.358 e. The highest BCUT2D eigenvalue weighted by molar-refractivity contribution is 7.23. The van der Waals surface area contributed by atoms with E-state index in [1.165, 1.54) is 60.9 Å². The van der Waals surface area contributed by atoms with Crippen LogP contribution in [0.1, 0.15) is 11.3 Å². The standard InChI is InChI=1S/C23H15NS.CH5N/c1-2-7-14(8-3-1)15-10-6-11-16-18-13-20-21(23(18)25-22(15)16)17-9-4-5-12-19(17)24-20;1-2/h1-12,24H,13H2;2H2,1H3. The smallest absolute Gasteiger partial charge is 0.0462 e. The molecule has 132 valence electrons. The van der Waals surface area contributed by atoms with Crippen molar-refractivity contribution in [1.82, 2.24) is 4.98 Å². The zero-order valence-electron chi connectivity index (χ0n) is 15.1. The lowest BCUT2D eigenvalue weighted by Gasteiger charge is -2.04. The Morgan fingerprint density at radius 2 is 1.56 bits per heavy atom. The maximum absolute atomic E-state index is 4.50. The van der Waals surface area contributed by atoms with Gasteiger partial charge in [-0.1, -0.05) is 66.7 Å². The lowest BCUT2D eigenvalue weighted by molar-refractivity contribution is 1.18. The topological polar surface area (TPSA) is 41.8 Å². The highest BCUT2D eigenvalue weighted by atomic mass is 32.1. The van der Waals surface area contributed by atoms with E-state index in [4.69, 9.17) is 0 Å². The lowest BCUT2D eigenvalue weighted by atomic mass is 10.0. The molecule has 2 heterocycles. The van der Waals surface area contributed by atoms with Gasteiger partial charge in [-0.2, -0.15) is 0 Å². The number of aromatic amines is 1. The number of hydrogen-bond acceptors (Lipinski definition) is 2. The molecular formula is C24H20N2S. The Morgan fingerprint density at radius 3 is 2.41 bits per heavy atom. The zero-order chi connectivity index (χ0) is 18.4. The van der Waals surface area contributed by atoms with Gasteiger partial charge in [0.25, 0.3) is 0 Å². The number of nitrogens with one attached hydrogen (secondary N) is 1. The Balaban J connectivity index is 0.000000777. The third-order valence-electron chi connectivity index (χ3n) is 5.27. The quantitative estimate of drug-likeness (QED) is 0.357. The van der Waals surface area contributed by atoms with Gasteiger partial charge in [0, 0.05) is 38.2 Å². The van der Waals surface area contributed by atoms with Gasteiger partial charge in [-0.3, -0.25) is 0 Å². The molecule has 1 aliphatic carbocycles.